The Kier molecular flexibility index (Phi) is 5.68. The van der Waals surface area contributed by atoms with Gasteiger partial charge in [0.15, 0.2) is 5.54 Å². The van der Waals surface area contributed by atoms with Crippen molar-refractivity contribution in [2.75, 3.05) is 46.3 Å². The number of hydrogen-bond acceptors (Lipinski definition) is 5. The summed E-state index contributed by atoms with van der Waals surface area (Å²) in [6, 6.07) is 10.5. The standard InChI is InChI=1S/C23H26ClN3O4/c1-14-11-16-18(12-17(14)24)25-22(29)23(16,15-7-5-6-8-20(15)30-4)27-9-10-31-13-19(27)21(28)26(2)3/h5-8,11-12,19H,9-10,13H2,1-4H3,(H,25,29)/t19-,23?/m0/s1. The number of benzene rings is 2. The molecule has 0 radical (unpaired) electrons. The van der Waals surface area contributed by atoms with Crippen molar-refractivity contribution in [2.24, 2.45) is 0 Å². The molecule has 164 valence electrons. The summed E-state index contributed by atoms with van der Waals surface area (Å²) in [6.45, 7) is 2.91. The van der Waals surface area contributed by atoms with Crippen molar-refractivity contribution >= 4 is 29.1 Å². The quantitative estimate of drug-likeness (QED) is 0.786. The Morgan fingerprint density at radius 3 is 2.74 bits per heavy atom. The molecule has 1 unspecified atom stereocenters. The lowest BCUT2D eigenvalue weighted by Gasteiger charge is -2.46. The number of hydrogen-bond donors (Lipinski definition) is 1. The Bertz CT molecular complexity index is 1040. The number of halogens is 1. The van der Waals surface area contributed by atoms with E-state index in [9.17, 15) is 9.59 Å². The van der Waals surface area contributed by atoms with Crippen molar-refractivity contribution in [3.63, 3.8) is 0 Å². The van der Waals surface area contributed by atoms with Gasteiger partial charge < -0.3 is 19.7 Å². The van der Waals surface area contributed by atoms with E-state index in [2.05, 4.69) is 5.32 Å². The predicted octanol–water partition coefficient (Wildman–Crippen LogP) is 2.64. The summed E-state index contributed by atoms with van der Waals surface area (Å²) in [5, 5.41) is 3.57. The number of likely N-dealkylation sites (N-methyl/N-ethyl adjacent to an activating group) is 1. The number of para-hydroxylation sites is 1. The van der Waals surface area contributed by atoms with E-state index in [4.69, 9.17) is 21.1 Å². The molecular formula is C23H26ClN3O4. The van der Waals surface area contributed by atoms with Crippen LogP contribution in [0.4, 0.5) is 5.69 Å². The fourth-order valence-corrected chi connectivity index (χ4v) is 4.74. The van der Waals surface area contributed by atoms with Gasteiger partial charge in [0.25, 0.3) is 5.91 Å². The molecule has 8 heteroatoms. The number of carbonyl (C=O) groups is 2. The molecule has 2 aliphatic rings. The molecular weight excluding hydrogens is 418 g/mol. The molecule has 0 spiro atoms. The van der Waals surface area contributed by atoms with Crippen molar-refractivity contribution < 1.29 is 19.1 Å². The summed E-state index contributed by atoms with van der Waals surface area (Å²) in [7, 11) is 4.99. The molecule has 1 fully saturated rings. The second-order valence-corrected chi connectivity index (χ2v) is 8.44. The summed E-state index contributed by atoms with van der Waals surface area (Å²) in [5.74, 6) is 0.202. The molecule has 31 heavy (non-hydrogen) atoms. The van der Waals surface area contributed by atoms with E-state index < -0.39 is 11.6 Å². The van der Waals surface area contributed by atoms with Crippen LogP contribution in [0.25, 0.3) is 0 Å². The zero-order valence-electron chi connectivity index (χ0n) is 18.1. The van der Waals surface area contributed by atoms with E-state index in [-0.39, 0.29) is 18.4 Å². The summed E-state index contributed by atoms with van der Waals surface area (Å²) < 4.78 is 11.3. The summed E-state index contributed by atoms with van der Waals surface area (Å²) in [4.78, 5) is 30.5. The molecule has 2 aliphatic heterocycles. The van der Waals surface area contributed by atoms with E-state index in [1.807, 2.05) is 42.2 Å². The van der Waals surface area contributed by atoms with E-state index in [0.29, 0.717) is 35.2 Å². The van der Waals surface area contributed by atoms with Gasteiger partial charge >= 0.3 is 0 Å². The molecule has 2 amide bonds. The van der Waals surface area contributed by atoms with Gasteiger partial charge in [-0.05, 0) is 30.7 Å². The molecule has 2 aromatic carbocycles. The number of fused-ring (bicyclic) bond motifs is 1. The molecule has 7 nitrogen and oxygen atoms in total. The van der Waals surface area contributed by atoms with E-state index in [0.717, 1.165) is 11.1 Å². The number of nitrogens with one attached hydrogen (secondary N) is 1. The summed E-state index contributed by atoms with van der Waals surface area (Å²) in [5.41, 5.74) is 1.64. The van der Waals surface area contributed by atoms with Crippen molar-refractivity contribution in [2.45, 2.75) is 18.5 Å². The smallest absolute Gasteiger partial charge is 0.254 e. The van der Waals surface area contributed by atoms with Gasteiger partial charge in [0.1, 0.15) is 11.8 Å². The highest BCUT2D eigenvalue weighted by Crippen LogP contribution is 2.50. The van der Waals surface area contributed by atoms with Gasteiger partial charge in [-0.1, -0.05) is 29.8 Å². The number of nitrogens with zero attached hydrogens (tertiary/aromatic N) is 2. The van der Waals surface area contributed by atoms with Crippen LogP contribution in [0.1, 0.15) is 16.7 Å². The third-order valence-corrected chi connectivity index (χ3v) is 6.45. The first-order chi connectivity index (χ1) is 14.8. The molecule has 0 aliphatic carbocycles. The first kappa shape index (κ1) is 21.6. The van der Waals surface area contributed by atoms with Crippen LogP contribution < -0.4 is 10.1 Å². The number of amides is 2. The molecule has 4 rings (SSSR count). The zero-order valence-corrected chi connectivity index (χ0v) is 18.8. The van der Waals surface area contributed by atoms with Crippen LogP contribution in [0.2, 0.25) is 5.02 Å². The Balaban J connectivity index is 2.04. The maximum atomic E-state index is 13.9. The number of anilines is 1. The first-order valence-electron chi connectivity index (χ1n) is 10.1. The van der Waals surface area contributed by atoms with Crippen LogP contribution in [0, 0.1) is 6.92 Å². The number of aryl methyl sites for hydroxylation is 1. The second kappa shape index (κ2) is 8.15. The number of morpholine rings is 1. The van der Waals surface area contributed by atoms with Crippen LogP contribution in [0.5, 0.6) is 5.75 Å². The van der Waals surface area contributed by atoms with Gasteiger partial charge in [-0.3, -0.25) is 14.5 Å². The normalized spacial score (nSPS) is 23.3. The molecule has 2 aromatic rings. The fourth-order valence-electron chi connectivity index (χ4n) is 4.58. The molecule has 0 saturated carbocycles. The summed E-state index contributed by atoms with van der Waals surface area (Å²) >= 11 is 6.37. The summed E-state index contributed by atoms with van der Waals surface area (Å²) in [6.07, 6.45) is 0. The molecule has 2 heterocycles. The Labute approximate surface area is 186 Å². The molecule has 2 atom stereocenters. The van der Waals surface area contributed by atoms with Crippen molar-refractivity contribution in [3.05, 3.63) is 58.1 Å². The SMILES string of the molecule is COc1ccccc1C1(N2CCOC[C@H]2C(=O)N(C)C)C(=O)Nc2cc(Cl)c(C)cc21. The highest BCUT2D eigenvalue weighted by atomic mass is 35.5. The zero-order chi connectivity index (χ0) is 22.3. The maximum Gasteiger partial charge on any atom is 0.254 e. The monoisotopic (exact) mass is 443 g/mol. The van der Waals surface area contributed by atoms with Crippen LogP contribution in [-0.2, 0) is 19.9 Å². The minimum absolute atomic E-state index is 0.124. The number of ether oxygens (including phenoxy) is 2. The number of methoxy groups -OCH3 is 1. The topological polar surface area (TPSA) is 71.1 Å². The highest BCUT2D eigenvalue weighted by molar-refractivity contribution is 6.32. The average molecular weight is 444 g/mol. The van der Waals surface area contributed by atoms with E-state index >= 15 is 0 Å². The highest BCUT2D eigenvalue weighted by Gasteiger charge is 2.57. The van der Waals surface area contributed by atoms with Gasteiger partial charge in [-0.25, -0.2) is 0 Å². The Morgan fingerprint density at radius 2 is 2.03 bits per heavy atom. The lowest BCUT2D eigenvalue weighted by Crippen LogP contribution is -2.63. The van der Waals surface area contributed by atoms with Crippen molar-refractivity contribution in [1.82, 2.24) is 9.80 Å². The van der Waals surface area contributed by atoms with Crippen molar-refractivity contribution in [1.29, 1.82) is 0 Å². The minimum atomic E-state index is -1.27. The van der Waals surface area contributed by atoms with Gasteiger partial charge in [0.2, 0.25) is 5.91 Å². The maximum absolute atomic E-state index is 13.9. The minimum Gasteiger partial charge on any atom is -0.496 e. The lowest BCUT2D eigenvalue weighted by atomic mass is 9.79. The van der Waals surface area contributed by atoms with Crippen LogP contribution in [-0.4, -0.2) is 68.6 Å². The van der Waals surface area contributed by atoms with Crippen molar-refractivity contribution in [3.8, 4) is 5.75 Å². The average Bonchev–Trinajstić information content (AvgIpc) is 3.04. The number of rotatable bonds is 4. The van der Waals surface area contributed by atoms with E-state index in [1.165, 1.54) is 4.90 Å². The van der Waals surface area contributed by atoms with Gasteiger partial charge in [0, 0.05) is 42.5 Å². The number of carbonyl (C=O) groups excluding carboxylic acids is 2. The predicted molar refractivity (Wildman–Crippen MR) is 119 cm³/mol. The molecule has 1 N–H and O–H groups in total. The molecule has 0 aromatic heterocycles. The largest absolute Gasteiger partial charge is 0.496 e. The van der Waals surface area contributed by atoms with Gasteiger partial charge in [0.05, 0.1) is 20.3 Å². The van der Waals surface area contributed by atoms with Crippen LogP contribution in [0.15, 0.2) is 36.4 Å². The Hall–Kier alpha value is -2.61. The first-order valence-corrected chi connectivity index (χ1v) is 10.5. The van der Waals surface area contributed by atoms with Crippen LogP contribution in [0.3, 0.4) is 0 Å². The van der Waals surface area contributed by atoms with E-state index in [1.54, 1.807) is 27.3 Å². The Morgan fingerprint density at radius 1 is 1.29 bits per heavy atom. The van der Waals surface area contributed by atoms with Crippen LogP contribution >= 0.6 is 11.6 Å². The third kappa shape index (κ3) is 3.28. The van der Waals surface area contributed by atoms with Gasteiger partial charge in [-0.2, -0.15) is 0 Å². The second-order valence-electron chi connectivity index (χ2n) is 8.03. The van der Waals surface area contributed by atoms with Gasteiger partial charge in [-0.15, -0.1) is 0 Å². The third-order valence-electron chi connectivity index (χ3n) is 6.05. The molecule has 0 bridgehead atoms. The molecule has 1 saturated heterocycles. The lowest BCUT2D eigenvalue weighted by molar-refractivity contribution is -0.149. The fraction of sp³-hybridized carbons (Fsp3) is 0.391.